The summed E-state index contributed by atoms with van der Waals surface area (Å²) >= 11 is 0. The Balaban J connectivity index is 2.57. The summed E-state index contributed by atoms with van der Waals surface area (Å²) in [6.07, 6.45) is 4.39. The van der Waals surface area contributed by atoms with E-state index in [4.69, 9.17) is 4.74 Å². The summed E-state index contributed by atoms with van der Waals surface area (Å²) in [5, 5.41) is 0. The number of ether oxygens (including phenoxy) is 1. The lowest BCUT2D eigenvalue weighted by molar-refractivity contribution is -0.957. The van der Waals surface area contributed by atoms with Gasteiger partial charge in [-0.15, -0.1) is 0 Å². The van der Waals surface area contributed by atoms with E-state index in [1.165, 1.54) is 32.4 Å². The van der Waals surface area contributed by atoms with Gasteiger partial charge in [0.1, 0.15) is 0 Å². The van der Waals surface area contributed by atoms with Gasteiger partial charge in [0.2, 0.25) is 0 Å². The fraction of sp³-hybridized carbons (Fsp3) is 1.00. The van der Waals surface area contributed by atoms with Crippen molar-refractivity contribution < 1.29 is 9.22 Å². The van der Waals surface area contributed by atoms with Crippen LogP contribution in [0.2, 0.25) is 0 Å². The van der Waals surface area contributed by atoms with E-state index in [2.05, 4.69) is 14.0 Å². The second-order valence-corrected chi connectivity index (χ2v) is 3.71. The molecule has 1 fully saturated rings. The fourth-order valence-electron chi connectivity index (χ4n) is 1.98. The van der Waals surface area contributed by atoms with Crippen molar-refractivity contribution in [2.75, 3.05) is 27.2 Å². The Bertz CT molecular complexity index is 127. The van der Waals surface area contributed by atoms with E-state index < -0.39 is 0 Å². The molecular formula is C9H20NO+. The summed E-state index contributed by atoms with van der Waals surface area (Å²) in [6, 6.07) is 0. The zero-order valence-electron chi connectivity index (χ0n) is 7.97. The first-order valence-electron chi connectivity index (χ1n) is 4.60. The summed E-state index contributed by atoms with van der Waals surface area (Å²) in [7, 11) is 4.13. The topological polar surface area (TPSA) is 9.23 Å². The molecule has 0 bridgehead atoms. The summed E-state index contributed by atoms with van der Waals surface area (Å²) in [5.74, 6) is 0. The van der Waals surface area contributed by atoms with Crippen molar-refractivity contribution in [1.29, 1.82) is 0 Å². The molecule has 2 nitrogen and oxygen atoms in total. The maximum atomic E-state index is 5.47. The van der Waals surface area contributed by atoms with E-state index in [0.29, 0.717) is 6.23 Å². The van der Waals surface area contributed by atoms with E-state index in [1.807, 2.05) is 7.11 Å². The Morgan fingerprint density at radius 1 is 1.45 bits per heavy atom. The standard InChI is InChI=1S/C9H20NO/c1-4-10(2)8-6-5-7-9(10)11-3/h9H,4-8H2,1-3H3/q+1. The van der Waals surface area contributed by atoms with Gasteiger partial charge in [-0.1, -0.05) is 0 Å². The van der Waals surface area contributed by atoms with Crippen molar-refractivity contribution >= 4 is 0 Å². The molecule has 2 heteroatoms. The molecule has 0 aliphatic carbocycles. The highest BCUT2D eigenvalue weighted by molar-refractivity contribution is 4.55. The first-order chi connectivity index (χ1) is 5.23. The zero-order chi connectivity index (χ0) is 8.32. The smallest absolute Gasteiger partial charge is 0.192 e. The molecule has 1 saturated heterocycles. The summed E-state index contributed by atoms with van der Waals surface area (Å²) in [6.45, 7) is 4.73. The number of nitrogens with zero attached hydrogens (tertiary/aromatic N) is 1. The maximum absolute atomic E-state index is 5.47. The van der Waals surface area contributed by atoms with Crippen LogP contribution in [-0.4, -0.2) is 38.0 Å². The Kier molecular flexibility index (Phi) is 2.90. The minimum Gasteiger partial charge on any atom is -0.332 e. The van der Waals surface area contributed by atoms with Crippen LogP contribution in [0.3, 0.4) is 0 Å². The Labute approximate surface area is 69.7 Å². The molecule has 1 aliphatic rings. The molecule has 2 unspecified atom stereocenters. The van der Waals surface area contributed by atoms with Crippen LogP contribution in [0.1, 0.15) is 26.2 Å². The third-order valence-electron chi connectivity index (χ3n) is 3.06. The van der Waals surface area contributed by atoms with Crippen LogP contribution in [0.4, 0.5) is 0 Å². The number of methoxy groups -OCH3 is 1. The van der Waals surface area contributed by atoms with E-state index in [1.54, 1.807) is 0 Å². The number of hydrogen-bond donors (Lipinski definition) is 0. The predicted octanol–water partition coefficient (Wildman–Crippen LogP) is 1.61. The molecule has 0 N–H and O–H groups in total. The first kappa shape index (κ1) is 9.01. The Morgan fingerprint density at radius 3 is 2.64 bits per heavy atom. The average Bonchev–Trinajstić information content (AvgIpc) is 2.05. The lowest BCUT2D eigenvalue weighted by atomic mass is 10.1. The molecule has 1 aliphatic heterocycles. The quantitative estimate of drug-likeness (QED) is 0.555. The van der Waals surface area contributed by atoms with Crippen molar-refractivity contribution in [3.63, 3.8) is 0 Å². The van der Waals surface area contributed by atoms with Crippen LogP contribution >= 0.6 is 0 Å². The summed E-state index contributed by atoms with van der Waals surface area (Å²) in [5.41, 5.74) is 0. The van der Waals surface area contributed by atoms with Gasteiger partial charge in [0, 0.05) is 13.5 Å². The normalized spacial score (nSPS) is 39.0. The minimum absolute atomic E-state index is 0.453. The molecule has 0 spiro atoms. The zero-order valence-corrected chi connectivity index (χ0v) is 7.97. The SMILES string of the molecule is CC[N+]1(C)CCCCC1OC. The number of hydrogen-bond acceptors (Lipinski definition) is 1. The number of likely N-dealkylation sites (tertiary alicyclic amines) is 1. The van der Waals surface area contributed by atoms with E-state index in [-0.39, 0.29) is 0 Å². The molecule has 0 aromatic rings. The molecule has 1 heterocycles. The molecule has 0 amide bonds. The molecule has 0 aromatic carbocycles. The molecule has 1 rings (SSSR count). The third-order valence-corrected chi connectivity index (χ3v) is 3.06. The molecular weight excluding hydrogens is 138 g/mol. The predicted molar refractivity (Wildman–Crippen MR) is 46.2 cm³/mol. The van der Waals surface area contributed by atoms with Crippen molar-refractivity contribution in [3.8, 4) is 0 Å². The largest absolute Gasteiger partial charge is 0.332 e. The highest BCUT2D eigenvalue weighted by atomic mass is 16.5. The van der Waals surface area contributed by atoms with Crippen molar-refractivity contribution in [3.05, 3.63) is 0 Å². The first-order valence-corrected chi connectivity index (χ1v) is 4.60. The van der Waals surface area contributed by atoms with Gasteiger partial charge in [-0.25, -0.2) is 0 Å². The van der Waals surface area contributed by atoms with Gasteiger partial charge in [0.15, 0.2) is 6.23 Å². The summed E-state index contributed by atoms with van der Waals surface area (Å²) < 4.78 is 6.58. The number of rotatable bonds is 2. The van der Waals surface area contributed by atoms with Gasteiger partial charge in [-0.2, -0.15) is 0 Å². The van der Waals surface area contributed by atoms with Gasteiger partial charge in [0.25, 0.3) is 0 Å². The molecule has 2 atom stereocenters. The second kappa shape index (κ2) is 3.55. The minimum atomic E-state index is 0.453. The van der Waals surface area contributed by atoms with Gasteiger partial charge in [-0.3, -0.25) is 0 Å². The summed E-state index contributed by atoms with van der Waals surface area (Å²) in [4.78, 5) is 0. The Hall–Kier alpha value is -0.0800. The van der Waals surface area contributed by atoms with Crippen LogP contribution in [0.25, 0.3) is 0 Å². The van der Waals surface area contributed by atoms with E-state index >= 15 is 0 Å². The van der Waals surface area contributed by atoms with Crippen molar-refractivity contribution in [1.82, 2.24) is 0 Å². The monoisotopic (exact) mass is 158 g/mol. The van der Waals surface area contributed by atoms with Crippen molar-refractivity contribution in [2.45, 2.75) is 32.4 Å². The highest BCUT2D eigenvalue weighted by Crippen LogP contribution is 2.23. The van der Waals surface area contributed by atoms with Crippen LogP contribution in [0, 0.1) is 0 Å². The maximum Gasteiger partial charge on any atom is 0.192 e. The van der Waals surface area contributed by atoms with Crippen LogP contribution < -0.4 is 0 Å². The average molecular weight is 158 g/mol. The molecule has 11 heavy (non-hydrogen) atoms. The van der Waals surface area contributed by atoms with Gasteiger partial charge in [-0.05, 0) is 19.8 Å². The molecule has 0 radical (unpaired) electrons. The highest BCUT2D eigenvalue weighted by Gasteiger charge is 2.33. The van der Waals surface area contributed by atoms with E-state index in [0.717, 1.165) is 4.48 Å². The molecule has 0 saturated carbocycles. The molecule has 66 valence electrons. The van der Waals surface area contributed by atoms with Crippen LogP contribution in [-0.2, 0) is 4.74 Å². The lowest BCUT2D eigenvalue weighted by Crippen LogP contribution is -2.55. The third kappa shape index (κ3) is 1.74. The van der Waals surface area contributed by atoms with Crippen LogP contribution in [0.5, 0.6) is 0 Å². The number of piperidine rings is 1. The molecule has 0 aromatic heterocycles. The fourth-order valence-corrected chi connectivity index (χ4v) is 1.98. The Morgan fingerprint density at radius 2 is 2.18 bits per heavy atom. The second-order valence-electron chi connectivity index (χ2n) is 3.71. The number of quaternary nitrogens is 1. The van der Waals surface area contributed by atoms with E-state index in [9.17, 15) is 0 Å². The van der Waals surface area contributed by atoms with Crippen LogP contribution in [0.15, 0.2) is 0 Å². The van der Waals surface area contributed by atoms with Gasteiger partial charge in [0.05, 0.1) is 20.1 Å². The van der Waals surface area contributed by atoms with Crippen molar-refractivity contribution in [2.24, 2.45) is 0 Å². The van der Waals surface area contributed by atoms with Gasteiger partial charge < -0.3 is 9.22 Å². The lowest BCUT2D eigenvalue weighted by Gasteiger charge is -2.42. The van der Waals surface area contributed by atoms with Gasteiger partial charge >= 0.3 is 0 Å².